The fraction of sp³-hybridized carbons (Fsp3) is 0.158. The van der Waals surface area contributed by atoms with Gasteiger partial charge in [-0.05, 0) is 60.9 Å². The van der Waals surface area contributed by atoms with Crippen molar-refractivity contribution in [3.63, 3.8) is 0 Å². The zero-order valence-corrected chi connectivity index (χ0v) is 13.4. The van der Waals surface area contributed by atoms with Crippen LogP contribution in [0.3, 0.4) is 0 Å². The van der Waals surface area contributed by atoms with Crippen molar-refractivity contribution in [3.8, 4) is 11.8 Å². The molecule has 116 valence electrons. The molecule has 0 bridgehead atoms. The highest BCUT2D eigenvalue weighted by Gasteiger charge is 2.10. The number of rotatable bonds is 4. The molecule has 0 aliphatic carbocycles. The normalized spacial score (nSPS) is 10.8. The van der Waals surface area contributed by atoms with Crippen LogP contribution in [0.15, 0.2) is 48.0 Å². The molecular weight excluding hydrogens is 288 g/mol. The summed E-state index contributed by atoms with van der Waals surface area (Å²) in [6, 6.07) is 14.8. The molecule has 1 amide bonds. The molecule has 2 rings (SSSR count). The van der Waals surface area contributed by atoms with E-state index in [0.29, 0.717) is 11.4 Å². The molecule has 0 heterocycles. The molecule has 0 aliphatic heterocycles. The average molecular weight is 306 g/mol. The molecule has 0 aromatic heterocycles. The molecule has 0 unspecified atom stereocenters. The number of nitrogens with zero attached hydrogens (tertiary/aromatic N) is 1. The largest absolute Gasteiger partial charge is 0.497 e. The number of aryl methyl sites for hydroxylation is 2. The van der Waals surface area contributed by atoms with Gasteiger partial charge in [0.1, 0.15) is 17.4 Å². The molecule has 0 saturated carbocycles. The fourth-order valence-corrected chi connectivity index (χ4v) is 2.06. The molecule has 23 heavy (non-hydrogen) atoms. The van der Waals surface area contributed by atoms with Crippen LogP contribution in [-0.4, -0.2) is 13.0 Å². The number of carbonyl (C=O) groups is 1. The number of nitriles is 1. The van der Waals surface area contributed by atoms with Gasteiger partial charge >= 0.3 is 0 Å². The van der Waals surface area contributed by atoms with Crippen LogP contribution in [0.5, 0.6) is 5.75 Å². The first kappa shape index (κ1) is 16.3. The summed E-state index contributed by atoms with van der Waals surface area (Å²) < 4.78 is 5.14. The van der Waals surface area contributed by atoms with E-state index >= 15 is 0 Å². The summed E-state index contributed by atoms with van der Waals surface area (Å²) in [4.78, 5) is 12.3. The van der Waals surface area contributed by atoms with Gasteiger partial charge in [0.15, 0.2) is 0 Å². The highest BCUT2D eigenvalue weighted by molar-refractivity contribution is 6.09. The summed E-state index contributed by atoms with van der Waals surface area (Å²) in [5.41, 5.74) is 3.67. The van der Waals surface area contributed by atoms with E-state index in [9.17, 15) is 10.1 Å². The lowest BCUT2D eigenvalue weighted by molar-refractivity contribution is -0.112. The number of carbonyl (C=O) groups excluding carboxylic acids is 1. The van der Waals surface area contributed by atoms with Gasteiger partial charge in [-0.1, -0.05) is 18.2 Å². The maximum Gasteiger partial charge on any atom is 0.266 e. The Labute approximate surface area is 136 Å². The van der Waals surface area contributed by atoms with Crippen LogP contribution in [-0.2, 0) is 4.79 Å². The molecule has 0 saturated heterocycles. The smallest absolute Gasteiger partial charge is 0.266 e. The van der Waals surface area contributed by atoms with Gasteiger partial charge in [-0.3, -0.25) is 4.79 Å². The second-order valence-corrected chi connectivity index (χ2v) is 5.20. The highest BCUT2D eigenvalue weighted by atomic mass is 16.5. The Morgan fingerprint density at radius 1 is 1.17 bits per heavy atom. The van der Waals surface area contributed by atoms with Gasteiger partial charge in [-0.25, -0.2) is 0 Å². The van der Waals surface area contributed by atoms with E-state index in [1.165, 1.54) is 0 Å². The van der Waals surface area contributed by atoms with Crippen LogP contribution < -0.4 is 10.1 Å². The Morgan fingerprint density at radius 2 is 1.96 bits per heavy atom. The zero-order chi connectivity index (χ0) is 16.8. The molecule has 2 aromatic carbocycles. The SMILES string of the molecule is COc1cccc(/C=C(\C#N)C(=O)Nc2ccc(C)c(C)c2)c1. The van der Waals surface area contributed by atoms with Gasteiger partial charge in [0.05, 0.1) is 7.11 Å². The van der Waals surface area contributed by atoms with Gasteiger partial charge in [-0.15, -0.1) is 0 Å². The second kappa shape index (κ2) is 7.28. The number of methoxy groups -OCH3 is 1. The van der Waals surface area contributed by atoms with E-state index in [0.717, 1.165) is 16.7 Å². The summed E-state index contributed by atoms with van der Waals surface area (Å²) in [5, 5.41) is 12.0. The Hall–Kier alpha value is -3.06. The molecular formula is C19H18N2O2. The molecule has 4 nitrogen and oxygen atoms in total. The van der Waals surface area contributed by atoms with Crippen molar-refractivity contribution in [1.29, 1.82) is 5.26 Å². The summed E-state index contributed by atoms with van der Waals surface area (Å²) >= 11 is 0. The molecule has 0 spiro atoms. The lowest BCUT2D eigenvalue weighted by Gasteiger charge is -2.07. The lowest BCUT2D eigenvalue weighted by Crippen LogP contribution is -2.13. The van der Waals surface area contributed by atoms with Crippen molar-refractivity contribution < 1.29 is 9.53 Å². The number of hydrogen-bond acceptors (Lipinski definition) is 3. The third-order valence-electron chi connectivity index (χ3n) is 3.53. The predicted octanol–water partition coefficient (Wildman–Crippen LogP) is 3.86. The summed E-state index contributed by atoms with van der Waals surface area (Å²) in [7, 11) is 1.57. The Morgan fingerprint density at radius 3 is 2.61 bits per heavy atom. The number of hydrogen-bond donors (Lipinski definition) is 1. The fourth-order valence-electron chi connectivity index (χ4n) is 2.06. The van der Waals surface area contributed by atoms with Crippen LogP contribution in [0.2, 0.25) is 0 Å². The number of amides is 1. The first-order valence-electron chi connectivity index (χ1n) is 7.18. The van der Waals surface area contributed by atoms with Gasteiger partial charge in [0, 0.05) is 5.69 Å². The van der Waals surface area contributed by atoms with Crippen molar-refractivity contribution in [2.75, 3.05) is 12.4 Å². The minimum absolute atomic E-state index is 0.0384. The van der Waals surface area contributed by atoms with Gasteiger partial charge < -0.3 is 10.1 Å². The molecule has 1 N–H and O–H groups in total. The van der Waals surface area contributed by atoms with Crippen molar-refractivity contribution in [1.82, 2.24) is 0 Å². The Kier molecular flexibility index (Phi) is 5.16. The van der Waals surface area contributed by atoms with Crippen molar-refractivity contribution in [2.45, 2.75) is 13.8 Å². The topological polar surface area (TPSA) is 62.1 Å². The first-order chi connectivity index (χ1) is 11.0. The Balaban J connectivity index is 2.22. The monoisotopic (exact) mass is 306 g/mol. The van der Waals surface area contributed by atoms with E-state index in [-0.39, 0.29) is 5.57 Å². The molecule has 2 aromatic rings. The number of ether oxygens (including phenoxy) is 1. The Bertz CT molecular complexity index is 801. The second-order valence-electron chi connectivity index (χ2n) is 5.20. The van der Waals surface area contributed by atoms with E-state index in [1.54, 1.807) is 31.4 Å². The van der Waals surface area contributed by atoms with Crippen molar-refractivity contribution in [3.05, 3.63) is 64.7 Å². The number of benzene rings is 2. The van der Waals surface area contributed by atoms with Crippen LogP contribution in [0.1, 0.15) is 16.7 Å². The van der Waals surface area contributed by atoms with E-state index in [2.05, 4.69) is 5.32 Å². The molecule has 0 radical (unpaired) electrons. The van der Waals surface area contributed by atoms with Crippen molar-refractivity contribution in [2.24, 2.45) is 0 Å². The molecule has 0 atom stereocenters. The van der Waals surface area contributed by atoms with E-state index < -0.39 is 5.91 Å². The summed E-state index contributed by atoms with van der Waals surface area (Å²) in [6.07, 6.45) is 1.54. The third kappa shape index (κ3) is 4.21. The van der Waals surface area contributed by atoms with Crippen LogP contribution in [0.25, 0.3) is 6.08 Å². The maximum atomic E-state index is 12.3. The quantitative estimate of drug-likeness (QED) is 0.689. The average Bonchev–Trinajstić information content (AvgIpc) is 2.56. The van der Waals surface area contributed by atoms with Gasteiger partial charge in [0.25, 0.3) is 5.91 Å². The summed E-state index contributed by atoms with van der Waals surface area (Å²) in [5.74, 6) is 0.240. The summed E-state index contributed by atoms with van der Waals surface area (Å²) in [6.45, 7) is 3.98. The maximum absolute atomic E-state index is 12.3. The zero-order valence-electron chi connectivity index (χ0n) is 13.4. The van der Waals surface area contributed by atoms with Crippen LogP contribution >= 0.6 is 0 Å². The minimum atomic E-state index is -0.432. The lowest BCUT2D eigenvalue weighted by atomic mass is 10.1. The van der Waals surface area contributed by atoms with E-state index in [4.69, 9.17) is 4.74 Å². The number of anilines is 1. The third-order valence-corrected chi connectivity index (χ3v) is 3.53. The van der Waals surface area contributed by atoms with Gasteiger partial charge in [0.2, 0.25) is 0 Å². The van der Waals surface area contributed by atoms with Crippen LogP contribution in [0.4, 0.5) is 5.69 Å². The molecule has 0 fully saturated rings. The number of nitrogens with one attached hydrogen (secondary N) is 1. The molecule has 4 heteroatoms. The standard InChI is InChI=1S/C19H18N2O2/c1-13-7-8-17(9-14(13)2)21-19(22)16(12-20)10-15-5-4-6-18(11-15)23-3/h4-11H,1-3H3,(H,21,22)/b16-10+. The molecule has 0 aliphatic rings. The van der Waals surface area contributed by atoms with Crippen LogP contribution in [0, 0.1) is 25.2 Å². The highest BCUT2D eigenvalue weighted by Crippen LogP contribution is 2.17. The van der Waals surface area contributed by atoms with E-state index in [1.807, 2.05) is 44.2 Å². The van der Waals surface area contributed by atoms with Gasteiger partial charge in [-0.2, -0.15) is 5.26 Å². The predicted molar refractivity (Wildman–Crippen MR) is 91.1 cm³/mol. The van der Waals surface area contributed by atoms with Crippen molar-refractivity contribution >= 4 is 17.7 Å². The first-order valence-corrected chi connectivity index (χ1v) is 7.18. The minimum Gasteiger partial charge on any atom is -0.497 e.